The van der Waals surface area contributed by atoms with Crippen molar-refractivity contribution >= 4 is 17.3 Å². The Bertz CT molecular complexity index is 667. The van der Waals surface area contributed by atoms with Gasteiger partial charge in [0.2, 0.25) is 5.91 Å². The molecular formula is C17H17FN2O. The summed E-state index contributed by atoms with van der Waals surface area (Å²) in [6, 6.07) is 12.9. The molecule has 1 aliphatic rings. The molecule has 2 aromatic rings. The van der Waals surface area contributed by atoms with Gasteiger partial charge in [0.25, 0.3) is 0 Å². The van der Waals surface area contributed by atoms with Gasteiger partial charge in [0.1, 0.15) is 5.82 Å². The monoisotopic (exact) mass is 284 g/mol. The third-order valence-corrected chi connectivity index (χ3v) is 3.76. The molecule has 0 radical (unpaired) electrons. The van der Waals surface area contributed by atoms with Crippen LogP contribution in [0.15, 0.2) is 42.5 Å². The molecule has 1 atom stereocenters. The number of halogens is 1. The van der Waals surface area contributed by atoms with E-state index in [1.54, 1.807) is 6.07 Å². The lowest BCUT2D eigenvalue weighted by Gasteiger charge is -2.16. The summed E-state index contributed by atoms with van der Waals surface area (Å²) in [4.78, 5) is 11.0. The minimum Gasteiger partial charge on any atom is -0.378 e. The van der Waals surface area contributed by atoms with Crippen LogP contribution in [0.4, 0.5) is 15.8 Å². The third-order valence-electron chi connectivity index (χ3n) is 3.76. The summed E-state index contributed by atoms with van der Waals surface area (Å²) in [5, 5.41) is 6.16. The Balaban J connectivity index is 1.74. The fraction of sp³-hybridized carbons (Fsp3) is 0.235. The first-order valence-electron chi connectivity index (χ1n) is 7.05. The van der Waals surface area contributed by atoms with Gasteiger partial charge in [-0.1, -0.05) is 12.1 Å². The molecule has 0 saturated carbocycles. The maximum Gasteiger partial charge on any atom is 0.221 e. The number of rotatable bonds is 3. The molecule has 4 heteroatoms. The van der Waals surface area contributed by atoms with Gasteiger partial charge in [0, 0.05) is 18.3 Å². The van der Waals surface area contributed by atoms with Crippen molar-refractivity contribution < 1.29 is 9.18 Å². The van der Waals surface area contributed by atoms with Gasteiger partial charge in [-0.05, 0) is 54.3 Å². The summed E-state index contributed by atoms with van der Waals surface area (Å²) in [5.74, 6) is -0.200. The third kappa shape index (κ3) is 2.89. The highest BCUT2D eigenvalue weighted by Crippen LogP contribution is 2.35. The highest BCUT2D eigenvalue weighted by molar-refractivity contribution is 5.88. The highest BCUT2D eigenvalue weighted by Gasteiger charge is 2.24. The second-order valence-corrected chi connectivity index (χ2v) is 5.30. The Hall–Kier alpha value is -2.36. The van der Waals surface area contributed by atoms with Crippen LogP contribution in [0.5, 0.6) is 0 Å². The van der Waals surface area contributed by atoms with Gasteiger partial charge in [-0.15, -0.1) is 0 Å². The molecule has 108 valence electrons. The summed E-state index contributed by atoms with van der Waals surface area (Å²) < 4.78 is 13.7. The first kappa shape index (κ1) is 13.6. The van der Waals surface area contributed by atoms with Crippen molar-refractivity contribution in [2.24, 2.45) is 0 Å². The normalized spacial score (nSPS) is 16.4. The molecule has 1 amide bonds. The predicted molar refractivity (Wildman–Crippen MR) is 81.8 cm³/mol. The zero-order chi connectivity index (χ0) is 14.8. The number of carbonyl (C=O) groups is 1. The summed E-state index contributed by atoms with van der Waals surface area (Å²) in [6.07, 6.45) is 1.66. The van der Waals surface area contributed by atoms with E-state index in [9.17, 15) is 9.18 Å². The number of benzene rings is 2. The van der Waals surface area contributed by atoms with Crippen molar-refractivity contribution in [2.45, 2.75) is 25.8 Å². The summed E-state index contributed by atoms with van der Waals surface area (Å²) >= 11 is 0. The van der Waals surface area contributed by atoms with Crippen LogP contribution in [0.3, 0.4) is 0 Å². The van der Waals surface area contributed by atoms with Crippen LogP contribution < -0.4 is 10.6 Å². The Morgan fingerprint density at radius 1 is 1.14 bits per heavy atom. The predicted octanol–water partition coefficient (Wildman–Crippen LogP) is 3.88. The van der Waals surface area contributed by atoms with Crippen molar-refractivity contribution in [3.05, 3.63) is 59.4 Å². The fourth-order valence-corrected chi connectivity index (χ4v) is 2.81. The van der Waals surface area contributed by atoms with E-state index in [1.165, 1.54) is 13.0 Å². The standard InChI is InChI=1S/C17H17FN2O/c1-11(21)19-12-5-7-13(8-6-12)20-17-10-9-14-15(17)3-2-4-16(14)18/h2-8,17,20H,9-10H2,1H3,(H,19,21). The molecule has 0 aliphatic heterocycles. The molecular weight excluding hydrogens is 267 g/mol. The first-order valence-corrected chi connectivity index (χ1v) is 7.05. The largest absolute Gasteiger partial charge is 0.378 e. The van der Waals surface area contributed by atoms with Crippen molar-refractivity contribution in [3.63, 3.8) is 0 Å². The van der Waals surface area contributed by atoms with Crippen molar-refractivity contribution in [1.29, 1.82) is 0 Å². The van der Waals surface area contributed by atoms with Crippen molar-refractivity contribution in [1.82, 2.24) is 0 Å². The minimum absolute atomic E-state index is 0.0871. The topological polar surface area (TPSA) is 41.1 Å². The Morgan fingerprint density at radius 2 is 1.86 bits per heavy atom. The number of anilines is 2. The Morgan fingerprint density at radius 3 is 2.57 bits per heavy atom. The molecule has 0 bridgehead atoms. The van der Waals surface area contributed by atoms with Gasteiger partial charge >= 0.3 is 0 Å². The Labute approximate surface area is 123 Å². The van der Waals surface area contributed by atoms with Gasteiger partial charge in [-0.2, -0.15) is 0 Å². The summed E-state index contributed by atoms with van der Waals surface area (Å²) in [7, 11) is 0. The molecule has 0 heterocycles. The van der Waals surface area contributed by atoms with Gasteiger partial charge in [-0.25, -0.2) is 4.39 Å². The number of carbonyl (C=O) groups excluding carboxylic acids is 1. The van der Waals surface area contributed by atoms with Gasteiger partial charge in [0.05, 0.1) is 6.04 Å². The van der Waals surface area contributed by atoms with E-state index in [-0.39, 0.29) is 17.8 Å². The number of hydrogen-bond acceptors (Lipinski definition) is 2. The lowest BCUT2D eigenvalue weighted by molar-refractivity contribution is -0.114. The number of fused-ring (bicyclic) bond motifs is 1. The van der Waals surface area contributed by atoms with Crippen LogP contribution in [-0.2, 0) is 11.2 Å². The number of hydrogen-bond donors (Lipinski definition) is 2. The fourth-order valence-electron chi connectivity index (χ4n) is 2.81. The maximum atomic E-state index is 13.7. The summed E-state index contributed by atoms with van der Waals surface area (Å²) in [6.45, 7) is 1.48. The molecule has 0 fully saturated rings. The van der Waals surface area contributed by atoms with Gasteiger partial charge in [0.15, 0.2) is 0 Å². The summed E-state index contributed by atoms with van der Waals surface area (Å²) in [5.41, 5.74) is 3.60. The van der Waals surface area contributed by atoms with Crippen LogP contribution in [0.25, 0.3) is 0 Å². The van der Waals surface area contributed by atoms with E-state index in [4.69, 9.17) is 0 Å². The van der Waals surface area contributed by atoms with Crippen LogP contribution >= 0.6 is 0 Å². The SMILES string of the molecule is CC(=O)Nc1ccc(NC2CCc3c(F)cccc32)cc1. The molecule has 21 heavy (non-hydrogen) atoms. The minimum atomic E-state index is -0.113. The van der Waals surface area contributed by atoms with Crippen molar-refractivity contribution in [3.8, 4) is 0 Å². The zero-order valence-electron chi connectivity index (χ0n) is 11.8. The van der Waals surface area contributed by atoms with Crippen LogP contribution in [0.1, 0.15) is 30.5 Å². The lowest BCUT2D eigenvalue weighted by Crippen LogP contribution is -2.08. The lowest BCUT2D eigenvalue weighted by atomic mass is 10.1. The van der Waals surface area contributed by atoms with E-state index >= 15 is 0 Å². The average molecular weight is 284 g/mol. The van der Waals surface area contributed by atoms with Crippen LogP contribution in [0.2, 0.25) is 0 Å². The van der Waals surface area contributed by atoms with Crippen molar-refractivity contribution in [2.75, 3.05) is 10.6 Å². The van der Waals surface area contributed by atoms with E-state index in [0.29, 0.717) is 0 Å². The second kappa shape index (κ2) is 5.56. The zero-order valence-corrected chi connectivity index (χ0v) is 11.8. The van der Waals surface area contributed by atoms with Crippen LogP contribution in [0, 0.1) is 5.82 Å². The quantitative estimate of drug-likeness (QED) is 0.898. The van der Waals surface area contributed by atoms with E-state index in [1.807, 2.05) is 30.3 Å². The average Bonchev–Trinajstić information content (AvgIpc) is 2.85. The van der Waals surface area contributed by atoms with Gasteiger partial charge < -0.3 is 10.6 Å². The number of nitrogens with one attached hydrogen (secondary N) is 2. The molecule has 2 N–H and O–H groups in total. The molecule has 0 aromatic heterocycles. The van der Waals surface area contributed by atoms with Crippen LogP contribution in [-0.4, -0.2) is 5.91 Å². The second-order valence-electron chi connectivity index (χ2n) is 5.30. The molecule has 2 aromatic carbocycles. The maximum absolute atomic E-state index is 13.7. The highest BCUT2D eigenvalue weighted by atomic mass is 19.1. The molecule has 1 aliphatic carbocycles. The molecule has 1 unspecified atom stereocenters. The smallest absolute Gasteiger partial charge is 0.221 e. The molecule has 0 spiro atoms. The van der Waals surface area contributed by atoms with E-state index in [0.717, 1.165) is 35.3 Å². The Kier molecular flexibility index (Phi) is 3.60. The molecule has 3 nitrogen and oxygen atoms in total. The molecule has 3 rings (SSSR count). The van der Waals surface area contributed by atoms with E-state index < -0.39 is 0 Å². The first-order chi connectivity index (χ1) is 10.1. The number of amides is 1. The van der Waals surface area contributed by atoms with Gasteiger partial charge in [-0.3, -0.25) is 4.79 Å². The van der Waals surface area contributed by atoms with E-state index in [2.05, 4.69) is 10.6 Å². The molecule has 0 saturated heterocycles.